The lowest BCUT2D eigenvalue weighted by Crippen LogP contribution is -2.17. The molecule has 0 heterocycles. The Balaban J connectivity index is 1.19. The van der Waals surface area contributed by atoms with E-state index in [1.807, 2.05) is 91.0 Å². The maximum Gasteiger partial charge on any atom is 0.339 e. The van der Waals surface area contributed by atoms with Gasteiger partial charge in [0.05, 0.1) is 24.8 Å². The second-order valence-electron chi connectivity index (χ2n) is 8.95. The highest BCUT2D eigenvalue weighted by Gasteiger charge is 2.13. The highest BCUT2D eigenvalue weighted by molar-refractivity contribution is 6.01. The van der Waals surface area contributed by atoms with Crippen molar-refractivity contribution in [3.05, 3.63) is 132 Å². The minimum Gasteiger partial charge on any atom is -0.489 e. The molecule has 0 fully saturated rings. The molecular formula is C33H27NO5. The molecule has 0 unspecified atom stereocenters. The van der Waals surface area contributed by atoms with Crippen molar-refractivity contribution in [1.29, 1.82) is 0 Å². The molecule has 1 amide bonds. The van der Waals surface area contributed by atoms with Gasteiger partial charge in [0.2, 0.25) is 5.91 Å². The fourth-order valence-corrected chi connectivity index (χ4v) is 4.17. The van der Waals surface area contributed by atoms with Gasteiger partial charge in [-0.2, -0.15) is 0 Å². The highest BCUT2D eigenvalue weighted by atomic mass is 16.5. The van der Waals surface area contributed by atoms with Gasteiger partial charge in [0.15, 0.2) is 0 Å². The molecule has 0 saturated carbocycles. The van der Waals surface area contributed by atoms with Crippen LogP contribution in [0.5, 0.6) is 17.2 Å². The van der Waals surface area contributed by atoms with E-state index in [1.54, 1.807) is 24.3 Å². The second-order valence-corrected chi connectivity index (χ2v) is 8.95. The number of esters is 1. The fourth-order valence-electron chi connectivity index (χ4n) is 4.17. The third-order valence-corrected chi connectivity index (χ3v) is 6.16. The number of nitrogens with one attached hydrogen (secondary N) is 1. The van der Waals surface area contributed by atoms with Crippen LogP contribution in [0, 0.1) is 0 Å². The van der Waals surface area contributed by atoms with E-state index in [0.717, 1.165) is 27.6 Å². The number of amides is 1. The average molecular weight is 518 g/mol. The van der Waals surface area contributed by atoms with Gasteiger partial charge in [0, 0.05) is 0 Å². The maximum absolute atomic E-state index is 12.6. The van der Waals surface area contributed by atoms with Crippen LogP contribution < -0.4 is 14.8 Å². The predicted octanol–water partition coefficient (Wildman–Crippen LogP) is 7.18. The second kappa shape index (κ2) is 12.0. The van der Waals surface area contributed by atoms with Crippen molar-refractivity contribution in [3.63, 3.8) is 0 Å². The molecule has 6 nitrogen and oxygen atoms in total. The van der Waals surface area contributed by atoms with Gasteiger partial charge in [-0.15, -0.1) is 0 Å². The first-order valence-electron chi connectivity index (χ1n) is 12.5. The van der Waals surface area contributed by atoms with Gasteiger partial charge in [-0.05, 0) is 70.4 Å². The van der Waals surface area contributed by atoms with Gasteiger partial charge in [-0.25, -0.2) is 4.79 Å². The Bertz CT molecular complexity index is 1600. The number of hydrogen-bond acceptors (Lipinski definition) is 5. The summed E-state index contributed by atoms with van der Waals surface area (Å²) in [6.45, 7) is 0.520. The zero-order valence-electron chi connectivity index (χ0n) is 21.4. The van der Waals surface area contributed by atoms with E-state index >= 15 is 0 Å². The molecule has 5 rings (SSSR count). The van der Waals surface area contributed by atoms with Crippen molar-refractivity contribution >= 4 is 28.3 Å². The zero-order valence-corrected chi connectivity index (χ0v) is 21.4. The van der Waals surface area contributed by atoms with Crippen LogP contribution in [-0.4, -0.2) is 19.0 Å². The van der Waals surface area contributed by atoms with Gasteiger partial charge in [-0.1, -0.05) is 66.7 Å². The minimum atomic E-state index is -0.502. The summed E-state index contributed by atoms with van der Waals surface area (Å²) >= 11 is 0. The molecule has 1 N–H and O–H groups in total. The van der Waals surface area contributed by atoms with Crippen LogP contribution in [0.15, 0.2) is 115 Å². The molecule has 0 saturated heterocycles. The molecule has 0 aliphatic rings. The number of carbonyl (C=O) groups is 2. The Morgan fingerprint density at radius 1 is 0.667 bits per heavy atom. The minimum absolute atomic E-state index is 0.153. The number of hydrogen-bond donors (Lipinski definition) is 1. The zero-order chi connectivity index (χ0) is 27.0. The van der Waals surface area contributed by atoms with Crippen LogP contribution in [0.25, 0.3) is 10.8 Å². The lowest BCUT2D eigenvalue weighted by molar-refractivity contribution is -0.115. The lowest BCUT2D eigenvalue weighted by atomic mass is 10.1. The van der Waals surface area contributed by atoms with Crippen molar-refractivity contribution < 1.29 is 23.8 Å². The standard InChI is InChI=1S/C33H27NO5/c1-37-33(36)30-9-5-6-10-31(30)34-32(35)19-23-11-15-27(16-12-23)39-29-18-14-25-20-28(17-13-26(25)21-29)38-22-24-7-3-2-4-8-24/h2-18,20-21H,19,22H2,1H3,(H,34,35). The fraction of sp³-hybridized carbons (Fsp3) is 0.0909. The highest BCUT2D eigenvalue weighted by Crippen LogP contribution is 2.28. The van der Waals surface area contributed by atoms with Crippen LogP contribution in [0.1, 0.15) is 21.5 Å². The predicted molar refractivity (Wildman–Crippen MR) is 151 cm³/mol. The largest absolute Gasteiger partial charge is 0.489 e. The first-order valence-corrected chi connectivity index (χ1v) is 12.5. The molecule has 194 valence electrons. The van der Waals surface area contributed by atoms with E-state index in [1.165, 1.54) is 7.11 Å². The summed E-state index contributed by atoms with van der Waals surface area (Å²) in [6.07, 6.45) is 0.153. The topological polar surface area (TPSA) is 73.9 Å². The van der Waals surface area contributed by atoms with E-state index in [4.69, 9.17) is 14.2 Å². The molecule has 0 radical (unpaired) electrons. The van der Waals surface area contributed by atoms with Gasteiger partial charge in [0.25, 0.3) is 0 Å². The molecule has 0 aliphatic heterocycles. The van der Waals surface area contributed by atoms with E-state index in [9.17, 15) is 9.59 Å². The van der Waals surface area contributed by atoms with Crippen LogP contribution in [-0.2, 0) is 22.6 Å². The Kier molecular flexibility index (Phi) is 7.84. The van der Waals surface area contributed by atoms with Crippen LogP contribution in [0.4, 0.5) is 5.69 Å². The smallest absolute Gasteiger partial charge is 0.339 e. The molecule has 0 aromatic heterocycles. The maximum atomic E-state index is 12.6. The van der Waals surface area contributed by atoms with Gasteiger partial charge < -0.3 is 19.5 Å². The molecular weight excluding hydrogens is 490 g/mol. The Morgan fingerprint density at radius 2 is 1.31 bits per heavy atom. The SMILES string of the molecule is COC(=O)c1ccccc1NC(=O)Cc1ccc(Oc2ccc3cc(OCc4ccccc4)ccc3c2)cc1. The number of ether oxygens (including phenoxy) is 3. The summed E-state index contributed by atoms with van der Waals surface area (Å²) in [6, 6.07) is 36.1. The number of anilines is 1. The van der Waals surface area contributed by atoms with Gasteiger partial charge >= 0.3 is 5.97 Å². The molecule has 0 spiro atoms. The number of para-hydroxylation sites is 1. The first kappa shape index (κ1) is 25.5. The third kappa shape index (κ3) is 6.62. The summed E-state index contributed by atoms with van der Waals surface area (Å²) in [5.74, 6) is 1.45. The Labute approximate surface area is 226 Å². The van der Waals surface area contributed by atoms with E-state index in [0.29, 0.717) is 29.4 Å². The van der Waals surface area contributed by atoms with Crippen LogP contribution in [0.3, 0.4) is 0 Å². The van der Waals surface area contributed by atoms with E-state index < -0.39 is 5.97 Å². The number of benzene rings is 5. The molecule has 39 heavy (non-hydrogen) atoms. The monoisotopic (exact) mass is 517 g/mol. The Morgan fingerprint density at radius 3 is 2.05 bits per heavy atom. The van der Waals surface area contributed by atoms with Crippen molar-refractivity contribution in [2.24, 2.45) is 0 Å². The Hall–Kier alpha value is -5.10. The molecule has 0 aliphatic carbocycles. The lowest BCUT2D eigenvalue weighted by Gasteiger charge is -2.11. The average Bonchev–Trinajstić information content (AvgIpc) is 2.97. The molecule has 6 heteroatoms. The summed E-state index contributed by atoms with van der Waals surface area (Å²) in [4.78, 5) is 24.5. The van der Waals surface area contributed by atoms with Gasteiger partial charge in [0.1, 0.15) is 23.9 Å². The summed E-state index contributed by atoms with van der Waals surface area (Å²) < 4.78 is 16.8. The van der Waals surface area contributed by atoms with Crippen molar-refractivity contribution in [3.8, 4) is 17.2 Å². The number of fused-ring (bicyclic) bond motifs is 1. The van der Waals surface area contributed by atoms with Crippen molar-refractivity contribution in [1.82, 2.24) is 0 Å². The summed E-state index contributed by atoms with van der Waals surface area (Å²) in [5, 5.41) is 4.89. The number of rotatable bonds is 9. The third-order valence-electron chi connectivity index (χ3n) is 6.16. The molecule has 0 bridgehead atoms. The van der Waals surface area contributed by atoms with Crippen molar-refractivity contribution in [2.45, 2.75) is 13.0 Å². The molecule has 5 aromatic rings. The molecule has 5 aromatic carbocycles. The van der Waals surface area contributed by atoms with Crippen LogP contribution in [0.2, 0.25) is 0 Å². The van der Waals surface area contributed by atoms with E-state index in [2.05, 4.69) is 5.32 Å². The molecule has 0 atom stereocenters. The number of methoxy groups -OCH3 is 1. The van der Waals surface area contributed by atoms with Crippen LogP contribution >= 0.6 is 0 Å². The summed E-state index contributed by atoms with van der Waals surface area (Å²) in [7, 11) is 1.31. The van der Waals surface area contributed by atoms with Crippen molar-refractivity contribution in [2.75, 3.05) is 12.4 Å². The quantitative estimate of drug-likeness (QED) is 0.210. The summed E-state index contributed by atoms with van der Waals surface area (Å²) in [5.41, 5.74) is 2.66. The van der Waals surface area contributed by atoms with E-state index in [-0.39, 0.29) is 12.3 Å². The van der Waals surface area contributed by atoms with Gasteiger partial charge in [-0.3, -0.25) is 4.79 Å². The number of carbonyl (C=O) groups excluding carboxylic acids is 2. The first-order chi connectivity index (χ1) is 19.1. The normalized spacial score (nSPS) is 10.6.